The first-order chi connectivity index (χ1) is 13.1. The molecule has 0 unspecified atom stereocenters. The summed E-state index contributed by atoms with van der Waals surface area (Å²) in [5, 5.41) is 0. The number of thioether (sulfide) groups is 1. The van der Waals surface area contributed by atoms with E-state index in [0.717, 1.165) is 22.9 Å². The first kappa shape index (κ1) is 18.9. The van der Waals surface area contributed by atoms with Gasteiger partial charge in [-0.25, -0.2) is 4.39 Å². The summed E-state index contributed by atoms with van der Waals surface area (Å²) in [6.07, 6.45) is 0. The number of halogens is 1. The lowest BCUT2D eigenvalue weighted by Crippen LogP contribution is -2.15. The quantitative estimate of drug-likeness (QED) is 0.328. The predicted octanol–water partition coefficient (Wildman–Crippen LogP) is 5.01. The first-order valence-electron chi connectivity index (χ1n) is 8.35. The molecule has 3 rings (SSSR count). The van der Waals surface area contributed by atoms with Crippen LogP contribution in [0.15, 0.2) is 83.8 Å². The first-order valence-corrected chi connectivity index (χ1v) is 9.33. The zero-order chi connectivity index (χ0) is 19.1. The Bertz CT molecular complexity index is 924. The van der Waals surface area contributed by atoms with Crippen molar-refractivity contribution in [3.05, 3.63) is 90.2 Å². The normalized spacial score (nSPS) is 10.4. The van der Waals surface area contributed by atoms with Crippen molar-refractivity contribution in [3.63, 3.8) is 0 Å². The summed E-state index contributed by atoms with van der Waals surface area (Å²) >= 11 is 1.04. The zero-order valence-corrected chi connectivity index (χ0v) is 15.2. The van der Waals surface area contributed by atoms with Crippen LogP contribution in [0, 0.1) is 5.82 Å². The number of hydrogen-bond donors (Lipinski definition) is 0. The Hall–Kier alpha value is -2.92. The highest BCUT2D eigenvalue weighted by molar-refractivity contribution is 8.00. The summed E-state index contributed by atoms with van der Waals surface area (Å²) < 4.78 is 18.5. The third-order valence-electron chi connectivity index (χ3n) is 3.86. The minimum atomic E-state index is -0.558. The maximum absolute atomic E-state index is 13.5. The van der Waals surface area contributed by atoms with Gasteiger partial charge in [-0.15, -0.1) is 11.8 Å². The van der Waals surface area contributed by atoms with Gasteiger partial charge in [0.05, 0.1) is 5.75 Å². The molecule has 3 aromatic rings. The smallest absolute Gasteiger partial charge is 0.316 e. The van der Waals surface area contributed by atoms with Crippen LogP contribution in [0.1, 0.15) is 10.4 Å². The number of rotatable bonds is 7. The minimum absolute atomic E-state index is 0.0544. The van der Waals surface area contributed by atoms with Crippen LogP contribution in [0.25, 0.3) is 11.1 Å². The van der Waals surface area contributed by atoms with E-state index in [2.05, 4.69) is 0 Å². The Morgan fingerprint density at radius 2 is 1.44 bits per heavy atom. The van der Waals surface area contributed by atoms with Gasteiger partial charge in [-0.05, 0) is 23.3 Å². The average Bonchev–Trinajstić information content (AvgIpc) is 2.72. The van der Waals surface area contributed by atoms with Crippen molar-refractivity contribution >= 4 is 23.5 Å². The van der Waals surface area contributed by atoms with Crippen LogP contribution in [0.3, 0.4) is 0 Å². The molecule has 0 saturated heterocycles. The molecule has 0 spiro atoms. The third-order valence-corrected chi connectivity index (χ3v) is 4.88. The summed E-state index contributed by atoms with van der Waals surface area (Å²) in [6.45, 7) is -0.332. The van der Waals surface area contributed by atoms with E-state index in [1.807, 2.05) is 42.5 Å². The fourth-order valence-corrected chi connectivity index (χ4v) is 3.19. The molecule has 136 valence electrons. The van der Waals surface area contributed by atoms with Gasteiger partial charge >= 0.3 is 5.97 Å². The minimum Gasteiger partial charge on any atom is -0.457 e. The Morgan fingerprint density at radius 1 is 0.815 bits per heavy atom. The topological polar surface area (TPSA) is 43.4 Å². The number of carbonyl (C=O) groups is 2. The Kier molecular flexibility index (Phi) is 6.39. The molecule has 0 fully saturated rings. The number of Topliss-reactive ketones (excluding diaryl/α,β-unsaturated/α-hetero) is 1. The largest absolute Gasteiger partial charge is 0.457 e. The molecule has 3 nitrogen and oxygen atoms in total. The molecule has 0 amide bonds. The van der Waals surface area contributed by atoms with Crippen molar-refractivity contribution in [2.45, 2.75) is 4.90 Å². The van der Waals surface area contributed by atoms with Crippen molar-refractivity contribution in [2.24, 2.45) is 0 Å². The highest BCUT2D eigenvalue weighted by Gasteiger charge is 2.12. The molecule has 0 N–H and O–H groups in total. The molecule has 0 aliphatic rings. The molecule has 0 aliphatic heterocycles. The van der Waals surface area contributed by atoms with Gasteiger partial charge in [0.15, 0.2) is 12.4 Å². The van der Waals surface area contributed by atoms with Gasteiger partial charge in [0.2, 0.25) is 0 Å². The second-order valence-electron chi connectivity index (χ2n) is 5.75. The summed E-state index contributed by atoms with van der Waals surface area (Å²) in [6, 6.07) is 23.2. The molecule has 0 heterocycles. The molecule has 5 heteroatoms. The summed E-state index contributed by atoms with van der Waals surface area (Å²) in [7, 11) is 0. The van der Waals surface area contributed by atoms with E-state index in [9.17, 15) is 14.0 Å². The van der Waals surface area contributed by atoms with Gasteiger partial charge in [0, 0.05) is 10.5 Å². The van der Waals surface area contributed by atoms with Crippen molar-refractivity contribution < 1.29 is 18.7 Å². The van der Waals surface area contributed by atoms with Crippen molar-refractivity contribution in [2.75, 3.05) is 12.4 Å². The fraction of sp³-hybridized carbons (Fsp3) is 0.0909. The van der Waals surface area contributed by atoms with Crippen LogP contribution in [-0.4, -0.2) is 24.1 Å². The lowest BCUT2D eigenvalue weighted by molar-refractivity contribution is -0.139. The zero-order valence-electron chi connectivity index (χ0n) is 14.4. The highest BCUT2D eigenvalue weighted by atomic mass is 32.2. The van der Waals surface area contributed by atoms with Gasteiger partial charge in [0.1, 0.15) is 5.82 Å². The average molecular weight is 380 g/mol. The molecule has 0 radical (unpaired) electrons. The van der Waals surface area contributed by atoms with Crippen LogP contribution < -0.4 is 0 Å². The molecule has 0 atom stereocenters. The van der Waals surface area contributed by atoms with Gasteiger partial charge in [-0.2, -0.15) is 0 Å². The lowest BCUT2D eigenvalue weighted by atomic mass is 10.0. The SMILES string of the molecule is O=C(CSc1ccccc1F)OCC(=O)c1ccc(-c2ccccc2)cc1. The number of benzene rings is 3. The Balaban J connectivity index is 1.50. The highest BCUT2D eigenvalue weighted by Crippen LogP contribution is 2.21. The standard InChI is InChI=1S/C22H17FO3S/c23-19-8-4-5-9-21(19)27-15-22(25)26-14-20(24)18-12-10-17(11-13-18)16-6-2-1-3-7-16/h1-13H,14-15H2. The summed E-state index contributed by atoms with van der Waals surface area (Å²) in [5.74, 6) is -1.28. The van der Waals surface area contributed by atoms with Gasteiger partial charge in [-0.3, -0.25) is 9.59 Å². The maximum Gasteiger partial charge on any atom is 0.316 e. The van der Waals surface area contributed by atoms with E-state index in [0.29, 0.717) is 10.5 Å². The Labute approximate surface area is 161 Å². The Morgan fingerprint density at radius 3 is 2.15 bits per heavy atom. The van der Waals surface area contributed by atoms with E-state index in [-0.39, 0.29) is 24.0 Å². The van der Waals surface area contributed by atoms with Crippen LogP contribution >= 0.6 is 11.8 Å². The number of ether oxygens (including phenoxy) is 1. The van der Waals surface area contributed by atoms with Gasteiger partial charge in [-0.1, -0.05) is 66.7 Å². The van der Waals surface area contributed by atoms with E-state index >= 15 is 0 Å². The second-order valence-corrected chi connectivity index (χ2v) is 6.76. The van der Waals surface area contributed by atoms with E-state index in [1.54, 1.807) is 30.3 Å². The molecule has 27 heavy (non-hydrogen) atoms. The number of hydrogen-bond acceptors (Lipinski definition) is 4. The number of esters is 1. The maximum atomic E-state index is 13.5. The molecule has 0 aliphatic carbocycles. The molecule has 3 aromatic carbocycles. The number of carbonyl (C=O) groups excluding carboxylic acids is 2. The van der Waals surface area contributed by atoms with Crippen LogP contribution in [0.5, 0.6) is 0 Å². The van der Waals surface area contributed by atoms with E-state index in [1.165, 1.54) is 6.07 Å². The lowest BCUT2D eigenvalue weighted by Gasteiger charge is -2.06. The van der Waals surface area contributed by atoms with E-state index < -0.39 is 5.97 Å². The number of ketones is 1. The summed E-state index contributed by atoms with van der Waals surface area (Å²) in [4.78, 5) is 24.3. The molecule has 0 aromatic heterocycles. The molecular weight excluding hydrogens is 363 g/mol. The molecule has 0 bridgehead atoms. The van der Waals surface area contributed by atoms with Gasteiger partial charge in [0.25, 0.3) is 0 Å². The summed E-state index contributed by atoms with van der Waals surface area (Å²) in [5.41, 5.74) is 2.54. The predicted molar refractivity (Wildman–Crippen MR) is 104 cm³/mol. The van der Waals surface area contributed by atoms with Crippen molar-refractivity contribution in [1.29, 1.82) is 0 Å². The van der Waals surface area contributed by atoms with Crippen LogP contribution in [0.4, 0.5) is 4.39 Å². The molecule has 0 saturated carbocycles. The fourth-order valence-electron chi connectivity index (χ4n) is 2.45. The second kappa shape index (κ2) is 9.14. The van der Waals surface area contributed by atoms with Crippen LogP contribution in [0.2, 0.25) is 0 Å². The van der Waals surface area contributed by atoms with Crippen molar-refractivity contribution in [1.82, 2.24) is 0 Å². The van der Waals surface area contributed by atoms with Crippen molar-refractivity contribution in [3.8, 4) is 11.1 Å². The third kappa shape index (κ3) is 5.28. The monoisotopic (exact) mass is 380 g/mol. The van der Waals surface area contributed by atoms with Crippen LogP contribution in [-0.2, 0) is 9.53 Å². The van der Waals surface area contributed by atoms with E-state index in [4.69, 9.17) is 4.74 Å². The van der Waals surface area contributed by atoms with Gasteiger partial charge < -0.3 is 4.74 Å². The molecular formula is C22H17FO3S.